The zero-order valence-electron chi connectivity index (χ0n) is 9.58. The van der Waals surface area contributed by atoms with E-state index >= 15 is 0 Å². The highest BCUT2D eigenvalue weighted by Crippen LogP contribution is 2.21. The third-order valence-electron chi connectivity index (χ3n) is 2.56. The number of rotatable bonds is 3. The molecule has 86 valence electrons. The second-order valence-corrected chi connectivity index (χ2v) is 4.29. The van der Waals surface area contributed by atoms with E-state index in [1.54, 1.807) is 32.9 Å². The first-order valence-electron chi connectivity index (χ1n) is 5.03. The number of anilines is 1. The van der Waals surface area contributed by atoms with Crippen LogP contribution in [0.5, 0.6) is 0 Å². The molecule has 1 unspecified atom stereocenters. The average molecular weight is 222 g/mol. The highest BCUT2D eigenvalue weighted by atomic mass is 19.1. The minimum Gasteiger partial charge on any atom is -0.388 e. The average Bonchev–Trinajstić information content (AvgIpc) is 2.16. The lowest BCUT2D eigenvalue weighted by atomic mass is 10.00. The van der Waals surface area contributed by atoms with E-state index in [1.807, 2.05) is 0 Å². The van der Waals surface area contributed by atoms with Crippen LogP contribution in [-0.2, 0) is 0 Å². The van der Waals surface area contributed by atoms with Crippen molar-refractivity contribution in [1.29, 1.82) is 5.26 Å². The molecular weight excluding hydrogens is 207 g/mol. The van der Waals surface area contributed by atoms with Crippen molar-refractivity contribution in [2.75, 3.05) is 5.32 Å². The molecule has 0 saturated heterocycles. The quantitative estimate of drug-likeness (QED) is 0.824. The Balaban J connectivity index is 2.99. The summed E-state index contributed by atoms with van der Waals surface area (Å²) in [7, 11) is 0. The molecule has 0 bridgehead atoms. The lowest BCUT2D eigenvalue weighted by Gasteiger charge is -2.28. The summed E-state index contributed by atoms with van der Waals surface area (Å²) in [4.78, 5) is 0. The van der Waals surface area contributed by atoms with Gasteiger partial charge in [-0.15, -0.1) is 0 Å². The van der Waals surface area contributed by atoms with Gasteiger partial charge in [0.15, 0.2) is 0 Å². The van der Waals surface area contributed by atoms with Crippen LogP contribution in [0.25, 0.3) is 0 Å². The van der Waals surface area contributed by atoms with Crippen LogP contribution >= 0.6 is 0 Å². The number of nitriles is 1. The normalized spacial score (nSPS) is 13.0. The molecular formula is C12H15FN2O. The van der Waals surface area contributed by atoms with Crippen molar-refractivity contribution >= 4 is 5.69 Å². The SMILES string of the molecule is CC(Nc1cccc(F)c1C#N)C(C)(C)O. The first kappa shape index (κ1) is 12.5. The van der Waals surface area contributed by atoms with E-state index in [-0.39, 0.29) is 11.6 Å². The van der Waals surface area contributed by atoms with Crippen molar-refractivity contribution in [1.82, 2.24) is 0 Å². The van der Waals surface area contributed by atoms with Gasteiger partial charge >= 0.3 is 0 Å². The fourth-order valence-electron chi connectivity index (χ4n) is 1.17. The fourth-order valence-corrected chi connectivity index (χ4v) is 1.17. The molecule has 0 aliphatic carbocycles. The molecule has 0 aromatic heterocycles. The molecule has 1 aromatic rings. The minimum absolute atomic E-state index is 0.0291. The number of halogens is 1. The molecule has 0 aliphatic rings. The summed E-state index contributed by atoms with van der Waals surface area (Å²) >= 11 is 0. The number of aliphatic hydroxyl groups is 1. The molecule has 0 aliphatic heterocycles. The zero-order chi connectivity index (χ0) is 12.3. The Bertz CT molecular complexity index is 418. The van der Waals surface area contributed by atoms with Crippen molar-refractivity contribution in [2.45, 2.75) is 32.4 Å². The van der Waals surface area contributed by atoms with Gasteiger partial charge in [0, 0.05) is 0 Å². The number of hydrogen-bond acceptors (Lipinski definition) is 3. The van der Waals surface area contributed by atoms with Crippen molar-refractivity contribution < 1.29 is 9.50 Å². The van der Waals surface area contributed by atoms with Gasteiger partial charge in [0.25, 0.3) is 0 Å². The molecule has 0 spiro atoms. The van der Waals surface area contributed by atoms with Gasteiger partial charge in [0.1, 0.15) is 17.4 Å². The van der Waals surface area contributed by atoms with E-state index < -0.39 is 11.4 Å². The van der Waals surface area contributed by atoms with E-state index in [0.717, 1.165) is 0 Å². The summed E-state index contributed by atoms with van der Waals surface area (Å²) in [6, 6.07) is 5.88. The topological polar surface area (TPSA) is 56.0 Å². The fraction of sp³-hybridized carbons (Fsp3) is 0.417. The van der Waals surface area contributed by atoms with Gasteiger partial charge in [-0.1, -0.05) is 6.07 Å². The molecule has 2 N–H and O–H groups in total. The highest BCUT2D eigenvalue weighted by molar-refractivity contribution is 5.58. The van der Waals surface area contributed by atoms with Gasteiger partial charge < -0.3 is 10.4 Å². The predicted octanol–water partition coefficient (Wildman–Crippen LogP) is 2.27. The molecule has 1 atom stereocenters. The second kappa shape index (κ2) is 4.50. The van der Waals surface area contributed by atoms with Crippen LogP contribution in [0.1, 0.15) is 26.3 Å². The summed E-state index contributed by atoms with van der Waals surface area (Å²) in [5, 5.41) is 21.5. The lowest BCUT2D eigenvalue weighted by molar-refractivity contribution is 0.0649. The third kappa shape index (κ3) is 2.71. The molecule has 0 radical (unpaired) electrons. The van der Waals surface area contributed by atoms with E-state index in [9.17, 15) is 9.50 Å². The predicted molar refractivity (Wildman–Crippen MR) is 60.5 cm³/mol. The van der Waals surface area contributed by atoms with Gasteiger partial charge in [-0.25, -0.2) is 4.39 Å². The van der Waals surface area contributed by atoms with Crippen LogP contribution in [0.15, 0.2) is 18.2 Å². The maximum absolute atomic E-state index is 13.3. The maximum Gasteiger partial charge on any atom is 0.143 e. The molecule has 16 heavy (non-hydrogen) atoms. The summed E-state index contributed by atoms with van der Waals surface area (Å²) in [5.41, 5.74) is -0.574. The molecule has 0 heterocycles. The van der Waals surface area contributed by atoms with Crippen molar-refractivity contribution in [3.05, 3.63) is 29.6 Å². The van der Waals surface area contributed by atoms with Crippen LogP contribution in [-0.4, -0.2) is 16.7 Å². The van der Waals surface area contributed by atoms with E-state index in [0.29, 0.717) is 5.69 Å². The molecule has 0 fully saturated rings. The Morgan fingerprint density at radius 2 is 2.12 bits per heavy atom. The third-order valence-corrected chi connectivity index (χ3v) is 2.56. The van der Waals surface area contributed by atoms with Crippen LogP contribution in [0, 0.1) is 17.1 Å². The molecule has 0 amide bonds. The van der Waals surface area contributed by atoms with Gasteiger partial charge in [0.05, 0.1) is 17.3 Å². The van der Waals surface area contributed by atoms with Crippen LogP contribution in [0.4, 0.5) is 10.1 Å². The zero-order valence-corrected chi connectivity index (χ0v) is 9.58. The number of nitrogens with zero attached hydrogens (tertiary/aromatic N) is 1. The Kier molecular flexibility index (Phi) is 3.51. The van der Waals surface area contributed by atoms with Gasteiger partial charge in [0.2, 0.25) is 0 Å². The number of benzene rings is 1. The van der Waals surface area contributed by atoms with Crippen LogP contribution < -0.4 is 5.32 Å². The van der Waals surface area contributed by atoms with E-state index in [2.05, 4.69) is 5.32 Å². The highest BCUT2D eigenvalue weighted by Gasteiger charge is 2.23. The van der Waals surface area contributed by atoms with Crippen LogP contribution in [0.2, 0.25) is 0 Å². The Hall–Kier alpha value is -1.60. The van der Waals surface area contributed by atoms with E-state index in [4.69, 9.17) is 5.26 Å². The van der Waals surface area contributed by atoms with Gasteiger partial charge in [-0.05, 0) is 32.9 Å². The number of hydrogen-bond donors (Lipinski definition) is 2. The minimum atomic E-state index is -0.945. The Morgan fingerprint density at radius 1 is 1.50 bits per heavy atom. The van der Waals surface area contributed by atoms with Crippen molar-refractivity contribution in [3.8, 4) is 6.07 Å². The standard InChI is InChI=1S/C12H15FN2O/c1-8(12(2,3)16)15-11-6-4-5-10(13)9(11)7-14/h4-6,8,15-16H,1-3H3. The smallest absolute Gasteiger partial charge is 0.143 e. The first-order valence-corrected chi connectivity index (χ1v) is 5.03. The summed E-state index contributed by atoms with van der Waals surface area (Å²) in [6.45, 7) is 5.07. The molecule has 3 nitrogen and oxygen atoms in total. The van der Waals surface area contributed by atoms with Crippen LogP contribution in [0.3, 0.4) is 0 Å². The lowest BCUT2D eigenvalue weighted by Crippen LogP contribution is -2.39. The van der Waals surface area contributed by atoms with Gasteiger partial charge in [-0.2, -0.15) is 5.26 Å². The number of nitrogens with one attached hydrogen (secondary N) is 1. The Morgan fingerprint density at radius 3 is 2.62 bits per heavy atom. The monoisotopic (exact) mass is 222 g/mol. The maximum atomic E-state index is 13.3. The summed E-state index contributed by atoms with van der Waals surface area (Å²) in [5.74, 6) is -0.560. The molecule has 4 heteroatoms. The molecule has 1 rings (SSSR count). The molecule has 0 saturated carbocycles. The van der Waals surface area contributed by atoms with Crippen molar-refractivity contribution in [3.63, 3.8) is 0 Å². The summed E-state index contributed by atoms with van der Waals surface area (Å²) in [6.07, 6.45) is 0. The first-order chi connectivity index (χ1) is 7.36. The van der Waals surface area contributed by atoms with Crippen molar-refractivity contribution in [2.24, 2.45) is 0 Å². The molecule has 1 aromatic carbocycles. The van der Waals surface area contributed by atoms with E-state index in [1.165, 1.54) is 12.1 Å². The summed E-state index contributed by atoms with van der Waals surface area (Å²) < 4.78 is 13.3. The second-order valence-electron chi connectivity index (χ2n) is 4.29. The Labute approximate surface area is 94.5 Å². The largest absolute Gasteiger partial charge is 0.388 e. The van der Waals surface area contributed by atoms with Gasteiger partial charge in [-0.3, -0.25) is 0 Å².